The second kappa shape index (κ2) is 3.84. The monoisotopic (exact) mass is 219 g/mol. The highest BCUT2D eigenvalue weighted by Gasteiger charge is 2.22. The fourth-order valence-corrected chi connectivity index (χ4v) is 2.19. The van der Waals surface area contributed by atoms with Crippen LogP contribution in [0.2, 0.25) is 0 Å². The summed E-state index contributed by atoms with van der Waals surface area (Å²) < 4.78 is 4.65. The lowest BCUT2D eigenvalue weighted by atomic mass is 10.0. The molecule has 2 N–H and O–H groups in total. The SMILES string of the molecule is O[C@@H]1CN[C@H](Cc2ccc3nonc3c2)C1. The molecular weight excluding hydrogens is 206 g/mol. The van der Waals surface area contributed by atoms with E-state index in [1.54, 1.807) is 0 Å². The number of benzene rings is 1. The third-order valence-corrected chi connectivity index (χ3v) is 3.00. The van der Waals surface area contributed by atoms with Gasteiger partial charge in [0.1, 0.15) is 11.0 Å². The molecule has 16 heavy (non-hydrogen) atoms. The second-order valence-electron chi connectivity index (χ2n) is 4.29. The van der Waals surface area contributed by atoms with Gasteiger partial charge in [-0.2, -0.15) is 0 Å². The fourth-order valence-electron chi connectivity index (χ4n) is 2.19. The van der Waals surface area contributed by atoms with Crippen LogP contribution >= 0.6 is 0 Å². The highest BCUT2D eigenvalue weighted by atomic mass is 16.6. The number of hydrogen-bond acceptors (Lipinski definition) is 5. The quantitative estimate of drug-likeness (QED) is 0.769. The van der Waals surface area contributed by atoms with Crippen LogP contribution in [0.5, 0.6) is 0 Å². The minimum absolute atomic E-state index is 0.206. The van der Waals surface area contributed by atoms with E-state index in [9.17, 15) is 5.11 Å². The van der Waals surface area contributed by atoms with Crippen molar-refractivity contribution < 1.29 is 9.74 Å². The maximum atomic E-state index is 9.42. The van der Waals surface area contributed by atoms with Crippen LogP contribution in [0.25, 0.3) is 11.0 Å². The normalized spacial score (nSPS) is 25.3. The lowest BCUT2D eigenvalue weighted by Crippen LogP contribution is -2.23. The predicted octanol–water partition coefficient (Wildman–Crippen LogP) is 0.488. The topological polar surface area (TPSA) is 71.2 Å². The van der Waals surface area contributed by atoms with Crippen molar-refractivity contribution in [2.45, 2.75) is 25.0 Å². The van der Waals surface area contributed by atoms with E-state index in [1.165, 1.54) is 5.56 Å². The Morgan fingerprint density at radius 2 is 2.25 bits per heavy atom. The Morgan fingerprint density at radius 1 is 1.38 bits per heavy atom. The summed E-state index contributed by atoms with van der Waals surface area (Å²) in [7, 11) is 0. The zero-order valence-electron chi connectivity index (χ0n) is 8.76. The predicted molar refractivity (Wildman–Crippen MR) is 57.9 cm³/mol. The van der Waals surface area contributed by atoms with E-state index in [-0.39, 0.29) is 6.10 Å². The zero-order valence-corrected chi connectivity index (χ0v) is 8.76. The molecule has 3 rings (SSSR count). The molecule has 2 aromatic rings. The van der Waals surface area contributed by atoms with Gasteiger partial charge < -0.3 is 10.4 Å². The molecule has 0 bridgehead atoms. The standard InChI is InChI=1S/C11H13N3O2/c15-9-5-8(12-6-9)3-7-1-2-10-11(4-7)14-16-13-10/h1-2,4,8-9,12,15H,3,5-6H2/t8-,9+/m1/s1. The van der Waals surface area contributed by atoms with E-state index in [0.717, 1.165) is 23.9 Å². The van der Waals surface area contributed by atoms with Gasteiger partial charge in [-0.1, -0.05) is 6.07 Å². The van der Waals surface area contributed by atoms with Crippen LogP contribution in [-0.4, -0.2) is 34.1 Å². The van der Waals surface area contributed by atoms with Crippen LogP contribution in [0.3, 0.4) is 0 Å². The summed E-state index contributed by atoms with van der Waals surface area (Å²) in [5.41, 5.74) is 2.76. The summed E-state index contributed by atoms with van der Waals surface area (Å²) in [6.45, 7) is 0.693. The van der Waals surface area contributed by atoms with Gasteiger partial charge in [-0.15, -0.1) is 0 Å². The number of fused-ring (bicyclic) bond motifs is 1. The number of rotatable bonds is 2. The highest BCUT2D eigenvalue weighted by Crippen LogP contribution is 2.16. The van der Waals surface area contributed by atoms with Crippen LogP contribution in [0.1, 0.15) is 12.0 Å². The van der Waals surface area contributed by atoms with Crippen molar-refractivity contribution in [1.82, 2.24) is 15.6 Å². The Kier molecular flexibility index (Phi) is 2.34. The molecule has 5 heteroatoms. The van der Waals surface area contributed by atoms with Gasteiger partial charge in [0.25, 0.3) is 0 Å². The van der Waals surface area contributed by atoms with E-state index in [4.69, 9.17) is 0 Å². The minimum Gasteiger partial charge on any atom is -0.392 e. The number of aliphatic hydroxyl groups excluding tert-OH is 1. The molecule has 0 radical (unpaired) electrons. The first kappa shape index (κ1) is 9.74. The molecule has 0 spiro atoms. The first-order chi connectivity index (χ1) is 7.81. The molecule has 0 aliphatic carbocycles. The Bertz CT molecular complexity index is 497. The summed E-state index contributed by atoms with van der Waals surface area (Å²) in [6.07, 6.45) is 1.51. The number of β-amino-alcohol motifs (C(OH)–C–C–N with tert-alkyl or cyclic N) is 1. The highest BCUT2D eigenvalue weighted by molar-refractivity contribution is 5.73. The molecule has 1 fully saturated rings. The van der Waals surface area contributed by atoms with Gasteiger partial charge in [0.05, 0.1) is 6.10 Å². The van der Waals surface area contributed by atoms with Crippen molar-refractivity contribution in [3.05, 3.63) is 23.8 Å². The van der Waals surface area contributed by atoms with E-state index in [2.05, 4.69) is 20.3 Å². The minimum atomic E-state index is -0.206. The van der Waals surface area contributed by atoms with E-state index in [0.29, 0.717) is 12.6 Å². The summed E-state index contributed by atoms with van der Waals surface area (Å²) in [5.74, 6) is 0. The van der Waals surface area contributed by atoms with Crippen LogP contribution in [-0.2, 0) is 6.42 Å². The molecule has 1 saturated heterocycles. The fraction of sp³-hybridized carbons (Fsp3) is 0.455. The van der Waals surface area contributed by atoms with Gasteiger partial charge in [-0.3, -0.25) is 0 Å². The van der Waals surface area contributed by atoms with Crippen LogP contribution < -0.4 is 5.32 Å². The Hall–Kier alpha value is -1.46. The largest absolute Gasteiger partial charge is 0.392 e. The molecule has 1 aliphatic heterocycles. The lowest BCUT2D eigenvalue weighted by Gasteiger charge is -2.09. The van der Waals surface area contributed by atoms with Gasteiger partial charge in [-0.25, -0.2) is 4.63 Å². The molecular formula is C11H13N3O2. The smallest absolute Gasteiger partial charge is 0.135 e. The van der Waals surface area contributed by atoms with Crippen molar-refractivity contribution in [3.8, 4) is 0 Å². The van der Waals surface area contributed by atoms with Gasteiger partial charge >= 0.3 is 0 Å². The van der Waals surface area contributed by atoms with Gasteiger partial charge in [0.2, 0.25) is 0 Å². The molecule has 0 amide bonds. The molecule has 2 atom stereocenters. The summed E-state index contributed by atoms with van der Waals surface area (Å²) in [4.78, 5) is 0. The van der Waals surface area contributed by atoms with Crippen LogP contribution in [0, 0.1) is 0 Å². The molecule has 2 heterocycles. The van der Waals surface area contributed by atoms with Crippen molar-refractivity contribution >= 4 is 11.0 Å². The van der Waals surface area contributed by atoms with Gasteiger partial charge in [0.15, 0.2) is 0 Å². The number of nitrogens with one attached hydrogen (secondary N) is 1. The van der Waals surface area contributed by atoms with Crippen molar-refractivity contribution in [2.75, 3.05) is 6.54 Å². The molecule has 5 nitrogen and oxygen atoms in total. The van der Waals surface area contributed by atoms with E-state index in [1.807, 2.05) is 18.2 Å². The Labute approximate surface area is 92.4 Å². The van der Waals surface area contributed by atoms with Crippen molar-refractivity contribution in [3.63, 3.8) is 0 Å². The Morgan fingerprint density at radius 3 is 3.06 bits per heavy atom. The third-order valence-electron chi connectivity index (χ3n) is 3.00. The van der Waals surface area contributed by atoms with Gasteiger partial charge in [0, 0.05) is 12.6 Å². The average Bonchev–Trinajstić information content (AvgIpc) is 2.87. The summed E-state index contributed by atoms with van der Waals surface area (Å²) >= 11 is 0. The number of hydrogen-bond donors (Lipinski definition) is 2. The number of nitrogens with zero attached hydrogens (tertiary/aromatic N) is 2. The molecule has 1 aliphatic rings. The molecule has 1 aromatic carbocycles. The zero-order chi connectivity index (χ0) is 11.0. The Balaban J connectivity index is 1.78. The number of aromatic nitrogens is 2. The average molecular weight is 219 g/mol. The first-order valence-corrected chi connectivity index (χ1v) is 5.44. The first-order valence-electron chi connectivity index (χ1n) is 5.44. The van der Waals surface area contributed by atoms with Crippen molar-refractivity contribution in [2.24, 2.45) is 0 Å². The third kappa shape index (κ3) is 1.79. The molecule has 0 unspecified atom stereocenters. The second-order valence-corrected chi connectivity index (χ2v) is 4.29. The molecule has 0 saturated carbocycles. The van der Waals surface area contributed by atoms with Gasteiger partial charge in [-0.05, 0) is 40.9 Å². The molecule has 1 aromatic heterocycles. The number of aliphatic hydroxyl groups is 1. The van der Waals surface area contributed by atoms with Crippen LogP contribution in [0.4, 0.5) is 0 Å². The maximum absolute atomic E-state index is 9.42. The maximum Gasteiger partial charge on any atom is 0.135 e. The lowest BCUT2D eigenvalue weighted by molar-refractivity contribution is 0.193. The summed E-state index contributed by atoms with van der Waals surface area (Å²) in [5, 5.41) is 20.3. The summed E-state index contributed by atoms with van der Waals surface area (Å²) in [6, 6.07) is 6.27. The van der Waals surface area contributed by atoms with Crippen molar-refractivity contribution in [1.29, 1.82) is 0 Å². The van der Waals surface area contributed by atoms with Crippen LogP contribution in [0.15, 0.2) is 22.8 Å². The van der Waals surface area contributed by atoms with E-state index >= 15 is 0 Å². The molecule has 84 valence electrons. The van der Waals surface area contributed by atoms with E-state index < -0.39 is 0 Å².